The first kappa shape index (κ1) is 21.0. The van der Waals surface area contributed by atoms with Gasteiger partial charge in [0.25, 0.3) is 0 Å². The fraction of sp³-hybridized carbons (Fsp3) is 0.286. The topological polar surface area (TPSA) is 106 Å². The molecule has 0 aliphatic carbocycles. The second kappa shape index (κ2) is 8.32. The molecule has 0 radical (unpaired) electrons. The molecule has 0 aliphatic rings. The molecule has 0 unspecified atom stereocenters. The van der Waals surface area contributed by atoms with Gasteiger partial charge in [-0.3, -0.25) is 4.79 Å². The van der Waals surface area contributed by atoms with Gasteiger partial charge in [0.15, 0.2) is 28.6 Å². The summed E-state index contributed by atoms with van der Waals surface area (Å²) in [7, 11) is 8.55. The second-order valence-electron chi connectivity index (χ2n) is 6.02. The van der Waals surface area contributed by atoms with Crippen LogP contribution in [-0.2, 0) is 0 Å². The van der Waals surface area contributed by atoms with E-state index in [0.29, 0.717) is 17.1 Å². The average molecular weight is 418 g/mol. The van der Waals surface area contributed by atoms with Crippen LogP contribution in [0.5, 0.6) is 40.2 Å². The van der Waals surface area contributed by atoms with Gasteiger partial charge in [0.05, 0.1) is 42.7 Å². The van der Waals surface area contributed by atoms with Crippen LogP contribution >= 0.6 is 0 Å². The van der Waals surface area contributed by atoms with Gasteiger partial charge < -0.3 is 37.9 Å². The van der Waals surface area contributed by atoms with E-state index in [1.54, 1.807) is 18.2 Å². The third-order valence-corrected chi connectivity index (χ3v) is 4.60. The Labute approximate surface area is 172 Å². The molecule has 0 atom stereocenters. The maximum absolute atomic E-state index is 13.1. The van der Waals surface area contributed by atoms with Crippen molar-refractivity contribution in [1.82, 2.24) is 0 Å². The van der Waals surface area contributed by atoms with Gasteiger partial charge in [0.1, 0.15) is 5.39 Å². The van der Waals surface area contributed by atoms with Gasteiger partial charge >= 0.3 is 0 Å². The molecule has 0 amide bonds. The minimum absolute atomic E-state index is 0.0274. The highest BCUT2D eigenvalue weighted by Gasteiger charge is 2.29. The Morgan fingerprint density at radius 1 is 0.733 bits per heavy atom. The standard InChI is InChI=1S/C21H22O9/c1-24-11-8-7-10(9-12(11)25-2)16-15(23)14(22)13-17(26-3)19(27-4)21(29-6)20(28-5)18(13)30-16/h7-9,23H,1-6H3. The summed E-state index contributed by atoms with van der Waals surface area (Å²) in [4.78, 5) is 13.1. The SMILES string of the molecule is COc1ccc(-c2oc3c(OC)c(OC)c(OC)c(OC)c3c(=O)c2O)cc1OC. The van der Waals surface area contributed by atoms with Crippen LogP contribution in [0.15, 0.2) is 27.4 Å². The molecule has 1 aromatic heterocycles. The number of fused-ring (bicyclic) bond motifs is 1. The average Bonchev–Trinajstić information content (AvgIpc) is 2.78. The molecule has 1 N–H and O–H groups in total. The van der Waals surface area contributed by atoms with E-state index in [1.807, 2.05) is 0 Å². The van der Waals surface area contributed by atoms with Crippen molar-refractivity contribution in [1.29, 1.82) is 0 Å². The molecule has 9 nitrogen and oxygen atoms in total. The van der Waals surface area contributed by atoms with Crippen molar-refractivity contribution < 1.29 is 37.9 Å². The molecule has 0 fully saturated rings. The highest BCUT2D eigenvalue weighted by molar-refractivity contribution is 5.96. The number of rotatable bonds is 7. The van der Waals surface area contributed by atoms with Crippen molar-refractivity contribution in [3.63, 3.8) is 0 Å². The Morgan fingerprint density at radius 2 is 1.30 bits per heavy atom. The van der Waals surface area contributed by atoms with Crippen molar-refractivity contribution in [3.05, 3.63) is 28.4 Å². The molecule has 2 aromatic carbocycles. The lowest BCUT2D eigenvalue weighted by Gasteiger charge is -2.18. The van der Waals surface area contributed by atoms with Crippen LogP contribution in [0.4, 0.5) is 0 Å². The molecule has 30 heavy (non-hydrogen) atoms. The van der Waals surface area contributed by atoms with E-state index in [9.17, 15) is 9.90 Å². The van der Waals surface area contributed by atoms with Crippen LogP contribution in [0.2, 0.25) is 0 Å². The van der Waals surface area contributed by atoms with E-state index in [-0.39, 0.29) is 39.7 Å². The normalized spacial score (nSPS) is 10.6. The van der Waals surface area contributed by atoms with E-state index >= 15 is 0 Å². The van der Waals surface area contributed by atoms with Gasteiger partial charge in [-0.2, -0.15) is 0 Å². The number of benzene rings is 2. The first-order valence-corrected chi connectivity index (χ1v) is 8.75. The molecule has 9 heteroatoms. The summed E-state index contributed by atoms with van der Waals surface area (Å²) < 4.78 is 38.0. The molecular weight excluding hydrogens is 396 g/mol. The first-order valence-electron chi connectivity index (χ1n) is 8.75. The molecule has 3 rings (SSSR count). The lowest BCUT2D eigenvalue weighted by Crippen LogP contribution is -2.08. The minimum Gasteiger partial charge on any atom is -0.502 e. The van der Waals surface area contributed by atoms with Crippen LogP contribution in [0.1, 0.15) is 0 Å². The third-order valence-electron chi connectivity index (χ3n) is 4.60. The Hall–Kier alpha value is -3.75. The smallest absolute Gasteiger partial charge is 0.239 e. The number of methoxy groups -OCH3 is 6. The van der Waals surface area contributed by atoms with Crippen molar-refractivity contribution >= 4 is 11.0 Å². The largest absolute Gasteiger partial charge is 0.502 e. The zero-order valence-electron chi connectivity index (χ0n) is 17.4. The number of aromatic hydroxyl groups is 1. The lowest BCUT2D eigenvalue weighted by atomic mass is 10.1. The van der Waals surface area contributed by atoms with Gasteiger partial charge in [-0.1, -0.05) is 0 Å². The summed E-state index contributed by atoms with van der Waals surface area (Å²) in [5.41, 5.74) is -0.309. The van der Waals surface area contributed by atoms with Gasteiger partial charge in [-0.15, -0.1) is 0 Å². The minimum atomic E-state index is -0.725. The highest BCUT2D eigenvalue weighted by atomic mass is 16.5. The van der Waals surface area contributed by atoms with Crippen LogP contribution in [0, 0.1) is 0 Å². The van der Waals surface area contributed by atoms with Crippen LogP contribution in [0.25, 0.3) is 22.3 Å². The van der Waals surface area contributed by atoms with E-state index < -0.39 is 11.2 Å². The summed E-state index contributed by atoms with van der Waals surface area (Å²) in [5, 5.41) is 10.6. The van der Waals surface area contributed by atoms with Crippen molar-refractivity contribution in [3.8, 4) is 51.6 Å². The monoisotopic (exact) mass is 418 g/mol. The van der Waals surface area contributed by atoms with Crippen LogP contribution in [0.3, 0.4) is 0 Å². The van der Waals surface area contributed by atoms with Gasteiger partial charge in [-0.05, 0) is 18.2 Å². The Balaban J connectivity index is 2.46. The Morgan fingerprint density at radius 3 is 1.83 bits per heavy atom. The van der Waals surface area contributed by atoms with Crippen molar-refractivity contribution in [2.45, 2.75) is 0 Å². The predicted octanol–water partition coefficient (Wildman–Crippen LogP) is 3.22. The first-order chi connectivity index (χ1) is 14.5. The summed E-state index contributed by atoms with van der Waals surface area (Å²) in [6, 6.07) is 4.83. The molecule has 0 saturated carbocycles. The van der Waals surface area contributed by atoms with Gasteiger partial charge in [-0.25, -0.2) is 0 Å². The Kier molecular flexibility index (Phi) is 5.81. The second-order valence-corrected chi connectivity index (χ2v) is 6.02. The molecule has 0 saturated heterocycles. The fourth-order valence-electron chi connectivity index (χ4n) is 3.24. The van der Waals surface area contributed by atoms with E-state index in [4.69, 9.17) is 32.8 Å². The lowest BCUT2D eigenvalue weighted by molar-refractivity contribution is 0.306. The molecule has 0 aliphatic heterocycles. The molecule has 160 valence electrons. The molecular formula is C21H22O9. The summed E-state index contributed by atoms with van der Waals surface area (Å²) in [6.45, 7) is 0. The summed E-state index contributed by atoms with van der Waals surface area (Å²) in [5.74, 6) is 0.662. The van der Waals surface area contributed by atoms with E-state index in [2.05, 4.69) is 0 Å². The molecule has 0 spiro atoms. The van der Waals surface area contributed by atoms with Gasteiger partial charge in [0, 0.05) is 5.56 Å². The summed E-state index contributed by atoms with van der Waals surface area (Å²) in [6.07, 6.45) is 0. The van der Waals surface area contributed by atoms with E-state index in [1.165, 1.54) is 42.7 Å². The number of ether oxygens (including phenoxy) is 6. The van der Waals surface area contributed by atoms with E-state index in [0.717, 1.165) is 0 Å². The number of hydrogen-bond donors (Lipinski definition) is 1. The maximum Gasteiger partial charge on any atom is 0.239 e. The maximum atomic E-state index is 13.1. The Bertz CT molecular complexity index is 1150. The quantitative estimate of drug-likeness (QED) is 0.619. The highest BCUT2D eigenvalue weighted by Crippen LogP contribution is 2.51. The molecule has 1 heterocycles. The van der Waals surface area contributed by atoms with Gasteiger partial charge in [0.2, 0.25) is 28.4 Å². The summed E-state index contributed by atoms with van der Waals surface area (Å²) >= 11 is 0. The molecule has 3 aromatic rings. The van der Waals surface area contributed by atoms with Crippen LogP contribution in [-0.4, -0.2) is 47.8 Å². The fourth-order valence-corrected chi connectivity index (χ4v) is 3.24. The zero-order chi connectivity index (χ0) is 22.0. The zero-order valence-corrected chi connectivity index (χ0v) is 17.4. The van der Waals surface area contributed by atoms with Crippen LogP contribution < -0.4 is 33.8 Å². The number of hydrogen-bond acceptors (Lipinski definition) is 9. The molecule has 0 bridgehead atoms. The predicted molar refractivity (Wildman–Crippen MR) is 109 cm³/mol. The van der Waals surface area contributed by atoms with Crippen molar-refractivity contribution in [2.24, 2.45) is 0 Å². The van der Waals surface area contributed by atoms with Crippen molar-refractivity contribution in [2.75, 3.05) is 42.7 Å². The third kappa shape index (κ3) is 3.08.